The Kier molecular flexibility index (Phi) is 7.27. The van der Waals surface area contributed by atoms with Crippen LogP contribution in [0.25, 0.3) is 0 Å². The van der Waals surface area contributed by atoms with Crippen LogP contribution in [0.1, 0.15) is 6.92 Å². The van der Waals surface area contributed by atoms with Crippen LogP contribution in [0.5, 0.6) is 11.5 Å². The number of amides is 1. The van der Waals surface area contributed by atoms with E-state index in [9.17, 15) is 13.2 Å². The summed E-state index contributed by atoms with van der Waals surface area (Å²) in [7, 11) is -2.04. The Bertz CT molecular complexity index is 986. The van der Waals surface area contributed by atoms with Crippen molar-refractivity contribution in [3.05, 3.63) is 48.5 Å². The lowest BCUT2D eigenvalue weighted by molar-refractivity contribution is -0.129. The summed E-state index contributed by atoms with van der Waals surface area (Å²) in [4.78, 5) is 16.9. The van der Waals surface area contributed by atoms with Crippen LogP contribution < -0.4 is 18.7 Å². The van der Waals surface area contributed by atoms with Crippen molar-refractivity contribution in [1.29, 1.82) is 0 Å². The molecule has 31 heavy (non-hydrogen) atoms. The minimum absolute atomic E-state index is 0.230. The molecule has 0 N–H and O–H groups in total. The zero-order valence-electron chi connectivity index (χ0n) is 18.2. The number of ether oxygens (including phenoxy) is 2. The second-order valence-corrected chi connectivity index (χ2v) is 9.14. The Morgan fingerprint density at radius 1 is 1.03 bits per heavy atom. The quantitative estimate of drug-likeness (QED) is 0.617. The van der Waals surface area contributed by atoms with Crippen LogP contribution in [0.4, 0.5) is 11.4 Å². The van der Waals surface area contributed by atoms with Crippen molar-refractivity contribution < 1.29 is 22.7 Å². The molecule has 8 nitrogen and oxygen atoms in total. The number of rotatable bonds is 8. The van der Waals surface area contributed by atoms with Gasteiger partial charge in [0.25, 0.3) is 0 Å². The van der Waals surface area contributed by atoms with E-state index in [2.05, 4.69) is 4.90 Å². The SMILES string of the molecule is CCOc1ccccc1N(CC(=O)N1CCN(c2ccc(OC)cc2)CC1)S(C)(=O)=O. The van der Waals surface area contributed by atoms with Crippen molar-refractivity contribution in [2.75, 3.05) is 61.9 Å². The van der Waals surface area contributed by atoms with Crippen LogP contribution in [0.3, 0.4) is 0 Å². The normalized spacial score (nSPS) is 14.3. The van der Waals surface area contributed by atoms with Crippen molar-refractivity contribution in [3.63, 3.8) is 0 Å². The van der Waals surface area contributed by atoms with E-state index in [4.69, 9.17) is 9.47 Å². The van der Waals surface area contributed by atoms with Crippen molar-refractivity contribution in [1.82, 2.24) is 4.90 Å². The van der Waals surface area contributed by atoms with Crippen LogP contribution >= 0.6 is 0 Å². The fourth-order valence-corrected chi connectivity index (χ4v) is 4.40. The van der Waals surface area contributed by atoms with Gasteiger partial charge in [0.2, 0.25) is 15.9 Å². The molecule has 0 spiro atoms. The van der Waals surface area contributed by atoms with Gasteiger partial charge in [0, 0.05) is 31.9 Å². The van der Waals surface area contributed by atoms with Gasteiger partial charge in [-0.3, -0.25) is 9.10 Å². The first kappa shape index (κ1) is 22.7. The van der Waals surface area contributed by atoms with Gasteiger partial charge in [-0.1, -0.05) is 12.1 Å². The molecule has 0 atom stereocenters. The highest BCUT2D eigenvalue weighted by Gasteiger charge is 2.28. The third-order valence-corrected chi connectivity index (χ3v) is 6.31. The molecule has 2 aromatic carbocycles. The summed E-state index contributed by atoms with van der Waals surface area (Å²) in [5, 5.41) is 0. The molecule has 9 heteroatoms. The van der Waals surface area contributed by atoms with Crippen molar-refractivity contribution in [2.24, 2.45) is 0 Å². The van der Waals surface area contributed by atoms with Gasteiger partial charge in [-0.15, -0.1) is 0 Å². The van der Waals surface area contributed by atoms with Crippen LogP contribution in [-0.4, -0.2) is 71.9 Å². The van der Waals surface area contributed by atoms with Crippen molar-refractivity contribution >= 4 is 27.3 Å². The Balaban J connectivity index is 1.68. The van der Waals surface area contributed by atoms with E-state index in [1.807, 2.05) is 31.2 Å². The zero-order valence-corrected chi connectivity index (χ0v) is 19.0. The number of benzene rings is 2. The highest BCUT2D eigenvalue weighted by molar-refractivity contribution is 7.92. The number of anilines is 2. The lowest BCUT2D eigenvalue weighted by Crippen LogP contribution is -2.52. The number of hydrogen-bond donors (Lipinski definition) is 0. The number of piperazine rings is 1. The molecule has 1 aliphatic rings. The number of para-hydroxylation sites is 2. The van der Waals surface area contributed by atoms with E-state index in [1.165, 1.54) is 0 Å². The number of carbonyl (C=O) groups excluding carboxylic acids is 1. The van der Waals surface area contributed by atoms with Gasteiger partial charge >= 0.3 is 0 Å². The van der Waals surface area contributed by atoms with Crippen LogP contribution in [0, 0.1) is 0 Å². The maximum absolute atomic E-state index is 13.0. The van der Waals surface area contributed by atoms with Crippen molar-refractivity contribution in [2.45, 2.75) is 6.92 Å². The highest BCUT2D eigenvalue weighted by atomic mass is 32.2. The molecule has 0 aliphatic carbocycles. The zero-order chi connectivity index (χ0) is 22.4. The lowest BCUT2D eigenvalue weighted by atomic mass is 10.2. The maximum atomic E-state index is 13.0. The standard InChI is InChI=1S/C22H29N3O5S/c1-4-30-21-8-6-5-7-20(21)25(31(3,27)28)17-22(26)24-15-13-23(14-16-24)18-9-11-19(29-2)12-10-18/h5-12H,4,13-17H2,1-3H3. The molecule has 0 aromatic heterocycles. The Hall–Kier alpha value is -2.94. The molecule has 168 valence electrons. The second kappa shape index (κ2) is 9.91. The summed E-state index contributed by atoms with van der Waals surface area (Å²) in [6.07, 6.45) is 1.10. The largest absolute Gasteiger partial charge is 0.497 e. The molecule has 1 heterocycles. The van der Waals surface area contributed by atoms with E-state index in [0.717, 1.165) is 22.0 Å². The number of nitrogens with zero attached hydrogens (tertiary/aromatic N) is 3. The fourth-order valence-electron chi connectivity index (χ4n) is 3.55. The number of sulfonamides is 1. The Morgan fingerprint density at radius 3 is 2.26 bits per heavy atom. The summed E-state index contributed by atoms with van der Waals surface area (Å²) >= 11 is 0. The number of hydrogen-bond acceptors (Lipinski definition) is 6. The van der Waals surface area contributed by atoms with Gasteiger partial charge in [0.15, 0.2) is 0 Å². The first-order valence-corrected chi connectivity index (χ1v) is 12.0. The first-order valence-electron chi connectivity index (χ1n) is 10.2. The third kappa shape index (κ3) is 5.61. The number of methoxy groups -OCH3 is 1. The van der Waals surface area contributed by atoms with Gasteiger partial charge in [0.1, 0.15) is 18.0 Å². The molecule has 0 saturated carbocycles. The molecular weight excluding hydrogens is 418 g/mol. The summed E-state index contributed by atoms with van der Waals surface area (Å²) in [5.41, 5.74) is 1.44. The second-order valence-electron chi connectivity index (χ2n) is 7.24. The predicted molar refractivity (Wildman–Crippen MR) is 122 cm³/mol. The Labute approximate surface area is 184 Å². The van der Waals surface area contributed by atoms with Crippen LogP contribution in [0.2, 0.25) is 0 Å². The molecule has 3 rings (SSSR count). The summed E-state index contributed by atoms with van der Waals surface area (Å²) < 4.78 is 36.8. The van der Waals surface area contributed by atoms with Gasteiger partial charge in [-0.05, 0) is 43.3 Å². The van der Waals surface area contributed by atoms with Gasteiger partial charge in [0.05, 0.1) is 25.7 Å². The smallest absolute Gasteiger partial charge is 0.243 e. The van der Waals surface area contributed by atoms with E-state index in [-0.39, 0.29) is 12.5 Å². The summed E-state index contributed by atoms with van der Waals surface area (Å²) in [6.45, 7) is 4.36. The average molecular weight is 448 g/mol. The summed E-state index contributed by atoms with van der Waals surface area (Å²) in [5.74, 6) is 1.00. The van der Waals surface area contributed by atoms with Crippen LogP contribution in [0.15, 0.2) is 48.5 Å². The van der Waals surface area contributed by atoms with Crippen molar-refractivity contribution in [3.8, 4) is 11.5 Å². The van der Waals surface area contributed by atoms with Gasteiger partial charge in [-0.25, -0.2) is 8.42 Å². The number of carbonyl (C=O) groups is 1. The average Bonchev–Trinajstić information content (AvgIpc) is 2.77. The molecule has 0 radical (unpaired) electrons. The molecule has 1 saturated heterocycles. The third-order valence-electron chi connectivity index (χ3n) is 5.18. The minimum atomic E-state index is -3.67. The monoisotopic (exact) mass is 447 g/mol. The fraction of sp³-hybridized carbons (Fsp3) is 0.409. The predicted octanol–water partition coefficient (Wildman–Crippen LogP) is 2.21. The van der Waals surface area contributed by atoms with E-state index in [0.29, 0.717) is 44.2 Å². The molecule has 0 bridgehead atoms. The topological polar surface area (TPSA) is 79.4 Å². The van der Waals surface area contributed by atoms with Crippen LogP contribution in [-0.2, 0) is 14.8 Å². The maximum Gasteiger partial charge on any atom is 0.243 e. The highest BCUT2D eigenvalue weighted by Crippen LogP contribution is 2.30. The Morgan fingerprint density at radius 2 is 1.68 bits per heavy atom. The molecule has 2 aromatic rings. The first-order chi connectivity index (χ1) is 14.8. The van der Waals surface area contributed by atoms with E-state index >= 15 is 0 Å². The van der Waals surface area contributed by atoms with Gasteiger partial charge in [-0.2, -0.15) is 0 Å². The minimum Gasteiger partial charge on any atom is -0.497 e. The van der Waals surface area contributed by atoms with E-state index < -0.39 is 10.0 Å². The molecule has 1 aliphatic heterocycles. The molecular formula is C22H29N3O5S. The molecule has 0 unspecified atom stereocenters. The molecule has 1 amide bonds. The lowest BCUT2D eigenvalue weighted by Gasteiger charge is -2.37. The summed E-state index contributed by atoms with van der Waals surface area (Å²) in [6, 6.07) is 14.7. The van der Waals surface area contributed by atoms with Gasteiger partial charge < -0.3 is 19.3 Å². The molecule has 1 fully saturated rings. The van der Waals surface area contributed by atoms with E-state index in [1.54, 1.807) is 36.3 Å².